The fourth-order valence-corrected chi connectivity index (χ4v) is 1.41. The van der Waals surface area contributed by atoms with Crippen molar-refractivity contribution in [2.45, 2.75) is 32.6 Å². The van der Waals surface area contributed by atoms with Crippen LogP contribution in [0.5, 0.6) is 0 Å². The molecule has 3 heteroatoms. The molecule has 1 aromatic carbocycles. The Balaban J connectivity index is 2.79. The van der Waals surface area contributed by atoms with Gasteiger partial charge in [0.25, 0.3) is 0 Å². The van der Waals surface area contributed by atoms with Crippen LogP contribution in [0.15, 0.2) is 24.3 Å². The maximum atomic E-state index is 10.3. The van der Waals surface area contributed by atoms with Crippen LogP contribution in [0, 0.1) is 10.1 Å². The molecule has 0 aliphatic heterocycles. The van der Waals surface area contributed by atoms with Gasteiger partial charge < -0.3 is 0 Å². The van der Waals surface area contributed by atoms with E-state index in [0.29, 0.717) is 6.42 Å². The number of nitrogens with zero attached hydrogens (tertiary/aromatic N) is 1. The maximum absolute atomic E-state index is 10.3. The summed E-state index contributed by atoms with van der Waals surface area (Å²) in [6, 6.07) is 8.04. The summed E-state index contributed by atoms with van der Waals surface area (Å²) in [5, 5.41) is 10.3. The van der Waals surface area contributed by atoms with E-state index in [-0.39, 0.29) is 16.9 Å². The molecule has 0 amide bonds. The highest BCUT2D eigenvalue weighted by Crippen LogP contribution is 2.22. The SMILES string of the molecule is CC(C)(C)c1cccc(CC[N+](=O)[O-])c1. The second-order valence-corrected chi connectivity index (χ2v) is 4.76. The monoisotopic (exact) mass is 207 g/mol. The lowest BCUT2D eigenvalue weighted by molar-refractivity contribution is -0.479. The third-order valence-corrected chi connectivity index (χ3v) is 2.38. The van der Waals surface area contributed by atoms with E-state index < -0.39 is 0 Å². The standard InChI is InChI=1S/C12H17NO2/c1-12(2,3)11-6-4-5-10(9-11)7-8-13(14)15/h4-6,9H,7-8H2,1-3H3. The van der Waals surface area contributed by atoms with Crippen molar-refractivity contribution in [1.29, 1.82) is 0 Å². The fraction of sp³-hybridized carbons (Fsp3) is 0.500. The molecule has 0 saturated heterocycles. The van der Waals surface area contributed by atoms with Crippen molar-refractivity contribution in [3.8, 4) is 0 Å². The van der Waals surface area contributed by atoms with Crippen LogP contribution in [0.4, 0.5) is 0 Å². The Morgan fingerprint density at radius 1 is 1.33 bits per heavy atom. The molecule has 0 radical (unpaired) electrons. The average Bonchev–Trinajstić information content (AvgIpc) is 2.14. The zero-order valence-corrected chi connectivity index (χ0v) is 9.49. The van der Waals surface area contributed by atoms with Gasteiger partial charge in [-0.15, -0.1) is 0 Å². The lowest BCUT2D eigenvalue weighted by atomic mass is 9.86. The van der Waals surface area contributed by atoms with Crippen LogP contribution in [0.3, 0.4) is 0 Å². The molecule has 1 aromatic rings. The van der Waals surface area contributed by atoms with Crippen LogP contribution in [0.1, 0.15) is 31.9 Å². The van der Waals surface area contributed by atoms with Crippen molar-refractivity contribution in [2.24, 2.45) is 0 Å². The highest BCUT2D eigenvalue weighted by Gasteiger charge is 2.13. The summed E-state index contributed by atoms with van der Waals surface area (Å²) in [5.74, 6) is 0. The predicted molar refractivity (Wildman–Crippen MR) is 60.7 cm³/mol. The Labute approximate surface area is 90.3 Å². The van der Waals surface area contributed by atoms with Gasteiger partial charge in [0, 0.05) is 11.3 Å². The summed E-state index contributed by atoms with van der Waals surface area (Å²) in [5.41, 5.74) is 2.37. The number of rotatable bonds is 3. The summed E-state index contributed by atoms with van der Waals surface area (Å²) >= 11 is 0. The summed E-state index contributed by atoms with van der Waals surface area (Å²) in [7, 11) is 0. The van der Waals surface area contributed by atoms with E-state index in [0.717, 1.165) is 5.56 Å². The van der Waals surface area contributed by atoms with Gasteiger partial charge in [-0.05, 0) is 16.5 Å². The largest absolute Gasteiger partial charge is 0.265 e. The fourth-order valence-electron chi connectivity index (χ4n) is 1.41. The van der Waals surface area contributed by atoms with Gasteiger partial charge in [-0.3, -0.25) is 10.1 Å². The van der Waals surface area contributed by atoms with E-state index in [1.54, 1.807) is 0 Å². The van der Waals surface area contributed by atoms with E-state index in [4.69, 9.17) is 0 Å². The quantitative estimate of drug-likeness (QED) is 0.565. The second-order valence-electron chi connectivity index (χ2n) is 4.76. The van der Waals surface area contributed by atoms with E-state index in [1.807, 2.05) is 12.1 Å². The van der Waals surface area contributed by atoms with E-state index in [2.05, 4.69) is 32.9 Å². The summed E-state index contributed by atoms with van der Waals surface area (Å²) in [6.45, 7) is 6.42. The number of hydrogen-bond acceptors (Lipinski definition) is 2. The first-order valence-corrected chi connectivity index (χ1v) is 5.11. The number of nitro groups is 1. The number of benzene rings is 1. The van der Waals surface area contributed by atoms with Gasteiger partial charge in [0.15, 0.2) is 0 Å². The van der Waals surface area contributed by atoms with Crippen molar-refractivity contribution < 1.29 is 4.92 Å². The zero-order chi connectivity index (χ0) is 11.5. The molecule has 3 nitrogen and oxygen atoms in total. The van der Waals surface area contributed by atoms with Gasteiger partial charge in [0.2, 0.25) is 6.54 Å². The van der Waals surface area contributed by atoms with Crippen LogP contribution < -0.4 is 0 Å². The molecule has 0 aliphatic rings. The minimum atomic E-state index is -0.274. The molecule has 0 N–H and O–H groups in total. The van der Waals surface area contributed by atoms with Crippen LogP contribution in [-0.2, 0) is 11.8 Å². The van der Waals surface area contributed by atoms with Crippen LogP contribution >= 0.6 is 0 Å². The molecule has 0 aliphatic carbocycles. The zero-order valence-electron chi connectivity index (χ0n) is 9.49. The maximum Gasteiger partial charge on any atom is 0.207 e. The Bertz CT molecular complexity index is 353. The molecule has 0 fully saturated rings. The summed E-state index contributed by atoms with van der Waals surface area (Å²) < 4.78 is 0. The molecule has 0 heterocycles. The Morgan fingerprint density at radius 3 is 2.53 bits per heavy atom. The lowest BCUT2D eigenvalue weighted by Crippen LogP contribution is -2.12. The predicted octanol–water partition coefficient (Wildman–Crippen LogP) is 2.80. The molecular formula is C12H17NO2. The average molecular weight is 207 g/mol. The molecule has 1 rings (SSSR count). The molecule has 0 saturated carbocycles. The van der Waals surface area contributed by atoms with Crippen LogP contribution in [-0.4, -0.2) is 11.5 Å². The molecular weight excluding hydrogens is 190 g/mol. The first-order chi connectivity index (χ1) is 6.89. The third-order valence-electron chi connectivity index (χ3n) is 2.38. The first-order valence-electron chi connectivity index (χ1n) is 5.11. The Kier molecular flexibility index (Phi) is 3.45. The van der Waals surface area contributed by atoms with Gasteiger partial charge in [0.05, 0.1) is 0 Å². The molecule has 82 valence electrons. The molecule has 0 unspecified atom stereocenters. The van der Waals surface area contributed by atoms with Gasteiger partial charge >= 0.3 is 0 Å². The number of hydrogen-bond donors (Lipinski definition) is 0. The third kappa shape index (κ3) is 3.70. The molecule has 0 atom stereocenters. The van der Waals surface area contributed by atoms with Crippen molar-refractivity contribution in [2.75, 3.05) is 6.54 Å². The van der Waals surface area contributed by atoms with Crippen molar-refractivity contribution in [1.82, 2.24) is 0 Å². The lowest BCUT2D eigenvalue weighted by Gasteiger charge is -2.19. The molecule has 0 aromatic heterocycles. The Hall–Kier alpha value is -1.38. The smallest absolute Gasteiger partial charge is 0.207 e. The Morgan fingerprint density at radius 2 is 2.00 bits per heavy atom. The first kappa shape index (κ1) is 11.7. The van der Waals surface area contributed by atoms with Gasteiger partial charge in [-0.2, -0.15) is 0 Å². The van der Waals surface area contributed by atoms with E-state index in [1.165, 1.54) is 5.56 Å². The van der Waals surface area contributed by atoms with Crippen LogP contribution in [0.2, 0.25) is 0 Å². The topological polar surface area (TPSA) is 43.1 Å². The van der Waals surface area contributed by atoms with Crippen molar-refractivity contribution in [3.63, 3.8) is 0 Å². The normalized spacial score (nSPS) is 11.4. The highest BCUT2D eigenvalue weighted by atomic mass is 16.6. The summed E-state index contributed by atoms with van der Waals surface area (Å²) in [4.78, 5) is 9.99. The van der Waals surface area contributed by atoms with Crippen molar-refractivity contribution >= 4 is 0 Å². The molecule has 0 bridgehead atoms. The molecule has 0 spiro atoms. The van der Waals surface area contributed by atoms with E-state index in [9.17, 15) is 10.1 Å². The minimum Gasteiger partial charge on any atom is -0.265 e. The molecule has 15 heavy (non-hydrogen) atoms. The van der Waals surface area contributed by atoms with Crippen LogP contribution in [0.25, 0.3) is 0 Å². The van der Waals surface area contributed by atoms with Gasteiger partial charge in [-0.25, -0.2) is 0 Å². The van der Waals surface area contributed by atoms with Gasteiger partial charge in [0.1, 0.15) is 0 Å². The summed E-state index contributed by atoms with van der Waals surface area (Å²) in [6.07, 6.45) is 0.511. The second kappa shape index (κ2) is 4.43. The minimum absolute atomic E-state index is 0.00754. The van der Waals surface area contributed by atoms with Gasteiger partial charge in [-0.1, -0.05) is 45.0 Å². The van der Waals surface area contributed by atoms with Crippen molar-refractivity contribution in [3.05, 3.63) is 45.5 Å². The highest BCUT2D eigenvalue weighted by molar-refractivity contribution is 5.28. The van der Waals surface area contributed by atoms with E-state index >= 15 is 0 Å².